The topological polar surface area (TPSA) is 66.0 Å². The Labute approximate surface area is 103 Å². The Bertz CT molecular complexity index is 394. The molecule has 1 aliphatic heterocycles. The predicted octanol–water partition coefficient (Wildman–Crippen LogP) is 2.41. The van der Waals surface area contributed by atoms with E-state index in [0.717, 1.165) is 11.6 Å². The first kappa shape index (κ1) is 11.9. The smallest absolute Gasteiger partial charge is 0.353 e. The summed E-state index contributed by atoms with van der Waals surface area (Å²) in [6, 6.07) is 0. The lowest BCUT2D eigenvalue weighted by molar-refractivity contribution is 0.0691. The fourth-order valence-electron chi connectivity index (χ4n) is 1.54. The van der Waals surface area contributed by atoms with Crippen LogP contribution in [0.5, 0.6) is 0 Å². The Kier molecular flexibility index (Phi) is 3.49. The lowest BCUT2D eigenvalue weighted by Gasteiger charge is -2.30. The Morgan fingerprint density at radius 2 is 2.31 bits per heavy atom. The van der Waals surface area contributed by atoms with Gasteiger partial charge in [-0.05, 0) is 0 Å². The summed E-state index contributed by atoms with van der Waals surface area (Å²) < 4.78 is 0. The molecule has 1 aliphatic rings. The predicted molar refractivity (Wildman–Crippen MR) is 67.3 cm³/mol. The second-order valence-electron chi connectivity index (χ2n) is 3.86. The first-order valence-electron chi connectivity index (χ1n) is 5.13. The molecule has 2 heterocycles. The van der Waals surface area contributed by atoms with E-state index < -0.39 is 5.97 Å². The highest BCUT2D eigenvalue weighted by Gasteiger charge is 2.28. The highest BCUT2D eigenvalue weighted by Crippen LogP contribution is 2.43. The fourth-order valence-corrected chi connectivity index (χ4v) is 4.41. The summed E-state index contributed by atoms with van der Waals surface area (Å²) in [6.07, 6.45) is 1.39. The molecule has 1 aromatic rings. The maximum atomic E-state index is 10.7. The normalized spacial score (nSPS) is 30.2. The molecule has 0 aliphatic carbocycles. The number of hydrogen-bond acceptors (Lipinski definition) is 4. The average Bonchev–Trinajstić information content (AvgIpc) is 2.71. The van der Waals surface area contributed by atoms with Gasteiger partial charge in [0.2, 0.25) is 0 Å². The standard InChI is InChI=1S/C10H14N2O2S2/c1-5-6(2)16-8(4-15-5)9-11-3-7(12-9)10(13)14/h3,5-6,8H,4H2,1-2H3,(H,11,12)(H,13,14). The van der Waals surface area contributed by atoms with Crippen molar-refractivity contribution in [2.45, 2.75) is 29.6 Å². The van der Waals surface area contributed by atoms with Gasteiger partial charge < -0.3 is 10.1 Å². The molecule has 0 spiro atoms. The zero-order valence-electron chi connectivity index (χ0n) is 9.14. The summed E-state index contributed by atoms with van der Waals surface area (Å²) in [6.45, 7) is 4.43. The lowest BCUT2D eigenvalue weighted by atomic mass is 10.3. The molecular formula is C10H14N2O2S2. The third-order valence-electron chi connectivity index (χ3n) is 2.68. The number of hydrogen-bond donors (Lipinski definition) is 2. The number of aromatic nitrogens is 2. The maximum absolute atomic E-state index is 10.7. The van der Waals surface area contributed by atoms with Gasteiger partial charge in [0.25, 0.3) is 0 Å². The summed E-state index contributed by atoms with van der Waals surface area (Å²) >= 11 is 3.78. The van der Waals surface area contributed by atoms with Crippen LogP contribution in [0.25, 0.3) is 0 Å². The van der Waals surface area contributed by atoms with Gasteiger partial charge in [0, 0.05) is 16.3 Å². The minimum absolute atomic E-state index is 0.173. The maximum Gasteiger partial charge on any atom is 0.353 e. The number of aromatic amines is 1. The molecule has 0 aromatic carbocycles. The van der Waals surface area contributed by atoms with Crippen LogP contribution in [0, 0.1) is 0 Å². The number of imidazole rings is 1. The van der Waals surface area contributed by atoms with Crippen LogP contribution in [0.3, 0.4) is 0 Å². The van der Waals surface area contributed by atoms with Gasteiger partial charge in [-0.15, -0.1) is 11.8 Å². The van der Waals surface area contributed by atoms with Crippen LogP contribution >= 0.6 is 23.5 Å². The van der Waals surface area contributed by atoms with Crippen molar-refractivity contribution in [3.63, 3.8) is 0 Å². The number of thioether (sulfide) groups is 2. The van der Waals surface area contributed by atoms with Crippen molar-refractivity contribution >= 4 is 29.5 Å². The van der Waals surface area contributed by atoms with E-state index in [2.05, 4.69) is 23.8 Å². The summed E-state index contributed by atoms with van der Waals surface area (Å²) in [5, 5.41) is 10.3. The quantitative estimate of drug-likeness (QED) is 0.852. The van der Waals surface area contributed by atoms with Gasteiger partial charge in [-0.25, -0.2) is 9.78 Å². The van der Waals surface area contributed by atoms with Gasteiger partial charge >= 0.3 is 5.97 Å². The van der Waals surface area contributed by atoms with Crippen molar-refractivity contribution in [3.05, 3.63) is 17.7 Å². The first-order valence-corrected chi connectivity index (χ1v) is 7.12. The lowest BCUT2D eigenvalue weighted by Crippen LogP contribution is -2.22. The van der Waals surface area contributed by atoms with E-state index in [1.807, 2.05) is 23.5 Å². The van der Waals surface area contributed by atoms with E-state index in [0.29, 0.717) is 10.5 Å². The van der Waals surface area contributed by atoms with Gasteiger partial charge in [-0.2, -0.15) is 11.8 Å². The summed E-state index contributed by atoms with van der Waals surface area (Å²) in [5.41, 5.74) is 0.173. The number of carbonyl (C=O) groups is 1. The van der Waals surface area contributed by atoms with Crippen LogP contribution in [0.2, 0.25) is 0 Å². The van der Waals surface area contributed by atoms with Crippen molar-refractivity contribution in [1.29, 1.82) is 0 Å². The van der Waals surface area contributed by atoms with Gasteiger partial charge in [0.15, 0.2) is 0 Å². The van der Waals surface area contributed by atoms with E-state index in [1.165, 1.54) is 6.20 Å². The van der Waals surface area contributed by atoms with Gasteiger partial charge in [-0.1, -0.05) is 13.8 Å². The molecule has 0 saturated carbocycles. The summed E-state index contributed by atoms with van der Waals surface area (Å²) in [4.78, 5) is 17.8. The molecular weight excluding hydrogens is 244 g/mol. The Hall–Kier alpha value is -0.620. The number of rotatable bonds is 2. The molecule has 4 nitrogen and oxygen atoms in total. The molecule has 2 N–H and O–H groups in total. The molecule has 88 valence electrons. The Morgan fingerprint density at radius 3 is 2.88 bits per heavy atom. The van der Waals surface area contributed by atoms with E-state index in [-0.39, 0.29) is 10.9 Å². The SMILES string of the molecule is CC1SCC(c2ncc(C(=O)O)[nH]2)SC1C. The minimum atomic E-state index is -0.950. The van der Waals surface area contributed by atoms with E-state index in [9.17, 15) is 4.79 Å². The van der Waals surface area contributed by atoms with Crippen molar-refractivity contribution in [2.75, 3.05) is 5.75 Å². The molecule has 0 amide bonds. The van der Waals surface area contributed by atoms with E-state index in [4.69, 9.17) is 5.11 Å². The number of carboxylic acids is 1. The monoisotopic (exact) mass is 258 g/mol. The van der Waals surface area contributed by atoms with Crippen molar-refractivity contribution in [3.8, 4) is 0 Å². The van der Waals surface area contributed by atoms with Crippen molar-refractivity contribution < 1.29 is 9.90 Å². The second-order valence-corrected chi connectivity index (χ2v) is 6.85. The molecule has 1 saturated heterocycles. The molecule has 6 heteroatoms. The van der Waals surface area contributed by atoms with Gasteiger partial charge in [-0.3, -0.25) is 0 Å². The minimum Gasteiger partial charge on any atom is -0.477 e. The molecule has 16 heavy (non-hydrogen) atoms. The van der Waals surface area contributed by atoms with Crippen LogP contribution in [-0.2, 0) is 0 Å². The third-order valence-corrected chi connectivity index (χ3v) is 6.08. The Balaban J connectivity index is 2.09. The number of nitrogens with zero attached hydrogens (tertiary/aromatic N) is 1. The Morgan fingerprint density at radius 1 is 1.56 bits per heavy atom. The first-order chi connectivity index (χ1) is 7.58. The van der Waals surface area contributed by atoms with Crippen LogP contribution in [0.4, 0.5) is 0 Å². The number of carboxylic acid groups (broad SMARTS) is 1. The van der Waals surface area contributed by atoms with Gasteiger partial charge in [0.1, 0.15) is 11.5 Å². The van der Waals surface area contributed by atoms with E-state index >= 15 is 0 Å². The molecule has 3 unspecified atom stereocenters. The molecule has 3 atom stereocenters. The van der Waals surface area contributed by atoms with Crippen LogP contribution in [0.15, 0.2) is 6.20 Å². The van der Waals surface area contributed by atoms with Gasteiger partial charge in [0.05, 0.1) is 11.4 Å². The highest BCUT2D eigenvalue weighted by molar-refractivity contribution is 8.07. The summed E-state index contributed by atoms with van der Waals surface area (Å²) in [5.74, 6) is 0.824. The third kappa shape index (κ3) is 2.38. The molecule has 1 fully saturated rings. The zero-order chi connectivity index (χ0) is 11.7. The summed E-state index contributed by atoms with van der Waals surface area (Å²) in [7, 11) is 0. The fraction of sp³-hybridized carbons (Fsp3) is 0.600. The molecule has 1 aromatic heterocycles. The largest absolute Gasteiger partial charge is 0.477 e. The molecule has 0 bridgehead atoms. The second kappa shape index (κ2) is 4.71. The van der Waals surface area contributed by atoms with Crippen LogP contribution in [0.1, 0.15) is 35.4 Å². The number of aromatic carboxylic acids is 1. The van der Waals surface area contributed by atoms with Crippen LogP contribution < -0.4 is 0 Å². The van der Waals surface area contributed by atoms with Crippen molar-refractivity contribution in [2.24, 2.45) is 0 Å². The van der Waals surface area contributed by atoms with E-state index in [1.54, 1.807) is 0 Å². The highest BCUT2D eigenvalue weighted by atomic mass is 32.2. The molecule has 0 radical (unpaired) electrons. The van der Waals surface area contributed by atoms with Crippen LogP contribution in [-0.4, -0.2) is 37.3 Å². The van der Waals surface area contributed by atoms with Crippen molar-refractivity contribution in [1.82, 2.24) is 9.97 Å². The number of nitrogens with one attached hydrogen (secondary N) is 1. The number of H-pyrrole nitrogens is 1. The average molecular weight is 258 g/mol. The molecule has 2 rings (SSSR count). The zero-order valence-corrected chi connectivity index (χ0v) is 10.8.